The summed E-state index contributed by atoms with van der Waals surface area (Å²) in [7, 11) is 0. The summed E-state index contributed by atoms with van der Waals surface area (Å²) < 4.78 is 16.6. The average molecular weight is 381 g/mol. The number of carbonyl (C=O) groups excluding carboxylic acids is 1. The molecule has 0 saturated carbocycles. The van der Waals surface area contributed by atoms with Crippen LogP contribution >= 0.6 is 0 Å². The fraction of sp³-hybridized carbons (Fsp3) is 0.522. The Morgan fingerprint density at radius 1 is 1.25 bits per heavy atom. The summed E-state index contributed by atoms with van der Waals surface area (Å²) in [4.78, 5) is 12.6. The molecule has 0 radical (unpaired) electrons. The van der Waals surface area contributed by atoms with E-state index in [-0.39, 0.29) is 36.1 Å². The summed E-state index contributed by atoms with van der Waals surface area (Å²) in [5.74, 6) is 1.57. The van der Waals surface area contributed by atoms with Crippen molar-refractivity contribution in [2.75, 3.05) is 13.3 Å². The Balaban J connectivity index is 1.28. The van der Waals surface area contributed by atoms with Gasteiger partial charge in [-0.25, -0.2) is 0 Å². The van der Waals surface area contributed by atoms with Crippen LogP contribution in [0, 0.1) is 17.3 Å². The highest BCUT2D eigenvalue weighted by Crippen LogP contribution is 2.52. The molecular weight excluding hydrogens is 354 g/mol. The number of rotatable bonds is 4. The quantitative estimate of drug-likeness (QED) is 0.805. The first-order chi connectivity index (χ1) is 13.5. The molecule has 1 fully saturated rings. The second-order valence-electron chi connectivity index (χ2n) is 8.75. The molecule has 5 rings (SSSR count). The lowest BCUT2D eigenvalue weighted by Crippen LogP contribution is -2.38. The molecule has 1 saturated heterocycles. The Morgan fingerprint density at radius 3 is 3.00 bits per heavy atom. The van der Waals surface area contributed by atoms with Gasteiger partial charge in [0.2, 0.25) is 6.79 Å². The highest BCUT2D eigenvalue weighted by atomic mass is 16.7. The molecule has 1 aromatic rings. The molecule has 2 aliphatic heterocycles. The maximum absolute atomic E-state index is 12.6. The van der Waals surface area contributed by atoms with Crippen molar-refractivity contribution in [2.24, 2.45) is 17.3 Å². The van der Waals surface area contributed by atoms with Gasteiger partial charge in [-0.05, 0) is 54.9 Å². The van der Waals surface area contributed by atoms with Crippen LogP contribution in [0.3, 0.4) is 0 Å². The van der Waals surface area contributed by atoms with Crippen molar-refractivity contribution in [1.29, 1.82) is 0 Å². The molecule has 0 bridgehead atoms. The largest absolute Gasteiger partial charge is 0.461 e. The van der Waals surface area contributed by atoms with Crippen LogP contribution in [0.25, 0.3) is 0 Å². The van der Waals surface area contributed by atoms with E-state index < -0.39 is 0 Å². The smallest absolute Gasteiger partial charge is 0.311 e. The number of fused-ring (bicyclic) bond motifs is 3. The third-order valence-corrected chi connectivity index (χ3v) is 6.83. The maximum Gasteiger partial charge on any atom is 0.311 e. The minimum Gasteiger partial charge on any atom is -0.461 e. The third kappa shape index (κ3) is 2.93. The van der Waals surface area contributed by atoms with Crippen molar-refractivity contribution in [3.8, 4) is 11.5 Å². The summed E-state index contributed by atoms with van der Waals surface area (Å²) >= 11 is 0. The second-order valence-corrected chi connectivity index (χ2v) is 8.75. The van der Waals surface area contributed by atoms with E-state index in [9.17, 15) is 4.79 Å². The van der Waals surface area contributed by atoms with Crippen molar-refractivity contribution in [3.63, 3.8) is 0 Å². The van der Waals surface area contributed by atoms with E-state index in [0.717, 1.165) is 36.3 Å². The van der Waals surface area contributed by atoms with E-state index in [1.807, 2.05) is 18.2 Å². The second kappa shape index (κ2) is 6.66. The average Bonchev–Trinajstić information content (AvgIpc) is 3.24. The maximum atomic E-state index is 12.6. The lowest BCUT2D eigenvalue weighted by molar-refractivity contribution is -0.145. The van der Waals surface area contributed by atoms with Crippen molar-refractivity contribution >= 4 is 5.97 Å². The van der Waals surface area contributed by atoms with Crippen LogP contribution in [0.5, 0.6) is 11.5 Å². The Kier molecular flexibility index (Phi) is 4.23. The summed E-state index contributed by atoms with van der Waals surface area (Å²) in [5, 5.41) is 3.45. The van der Waals surface area contributed by atoms with Crippen LogP contribution < -0.4 is 14.8 Å². The number of ether oxygens (including phenoxy) is 3. The zero-order valence-electron chi connectivity index (χ0n) is 16.5. The van der Waals surface area contributed by atoms with Gasteiger partial charge in [-0.1, -0.05) is 30.7 Å². The molecule has 148 valence electrons. The molecule has 2 heterocycles. The number of allylic oxidation sites excluding steroid dienone is 3. The van der Waals surface area contributed by atoms with Gasteiger partial charge in [0, 0.05) is 19.0 Å². The first kappa shape index (κ1) is 17.8. The van der Waals surface area contributed by atoms with Crippen molar-refractivity contribution in [1.82, 2.24) is 5.32 Å². The number of benzene rings is 1. The van der Waals surface area contributed by atoms with Gasteiger partial charge in [0.1, 0.15) is 6.10 Å². The predicted octanol–water partition coefficient (Wildman–Crippen LogP) is 3.74. The van der Waals surface area contributed by atoms with Crippen LogP contribution in [0.1, 0.15) is 38.7 Å². The zero-order valence-corrected chi connectivity index (χ0v) is 16.5. The van der Waals surface area contributed by atoms with E-state index in [2.05, 4.69) is 31.3 Å². The van der Waals surface area contributed by atoms with Gasteiger partial charge in [0.05, 0.1) is 5.92 Å². The van der Waals surface area contributed by atoms with Crippen LogP contribution in [-0.2, 0) is 16.1 Å². The topological polar surface area (TPSA) is 56.8 Å². The van der Waals surface area contributed by atoms with Gasteiger partial charge in [0.15, 0.2) is 11.5 Å². The molecule has 0 unspecified atom stereocenters. The molecule has 5 nitrogen and oxygen atoms in total. The first-order valence-corrected chi connectivity index (χ1v) is 10.2. The number of carbonyl (C=O) groups is 1. The SMILES string of the molecule is CC1=CCC[C@]2(C)C[C@H]3OC(=O)[C@H](CNCc4ccc5c(c4)OCO5)[C@H]3C=C12. The zero-order chi connectivity index (χ0) is 19.3. The predicted molar refractivity (Wildman–Crippen MR) is 105 cm³/mol. The standard InChI is InChI=1S/C23H27NO4/c1-14-4-3-7-23(2)10-21-16(9-18(14)23)17(22(25)28-21)12-24-11-15-5-6-19-20(8-15)27-13-26-19/h4-6,8-9,16-17,21,24H,3,7,10-13H2,1-2H3/t16-,17-,21-,23-/m1/s1. The highest BCUT2D eigenvalue weighted by Gasteiger charge is 2.50. The van der Waals surface area contributed by atoms with Crippen LogP contribution in [0.15, 0.2) is 41.5 Å². The van der Waals surface area contributed by atoms with Gasteiger partial charge in [-0.2, -0.15) is 0 Å². The lowest BCUT2D eigenvalue weighted by Gasteiger charge is -2.42. The third-order valence-electron chi connectivity index (χ3n) is 6.83. The van der Waals surface area contributed by atoms with Crippen molar-refractivity contribution in [3.05, 3.63) is 47.1 Å². The molecule has 0 amide bonds. The summed E-state index contributed by atoms with van der Waals surface area (Å²) in [6.45, 7) is 6.12. The van der Waals surface area contributed by atoms with Crippen LogP contribution in [0.4, 0.5) is 0 Å². The molecule has 0 spiro atoms. The van der Waals surface area contributed by atoms with E-state index >= 15 is 0 Å². The summed E-state index contributed by atoms with van der Waals surface area (Å²) in [6, 6.07) is 5.96. The first-order valence-electron chi connectivity index (χ1n) is 10.2. The van der Waals surface area contributed by atoms with E-state index in [4.69, 9.17) is 14.2 Å². The number of nitrogens with one attached hydrogen (secondary N) is 1. The van der Waals surface area contributed by atoms with Gasteiger partial charge < -0.3 is 19.5 Å². The normalized spacial score (nSPS) is 32.9. The van der Waals surface area contributed by atoms with Gasteiger partial charge in [-0.15, -0.1) is 0 Å². The van der Waals surface area contributed by atoms with Crippen LogP contribution in [0.2, 0.25) is 0 Å². The fourth-order valence-corrected chi connectivity index (χ4v) is 5.28. The Bertz CT molecular complexity index is 873. The van der Waals surface area contributed by atoms with E-state index in [1.54, 1.807) is 0 Å². The Morgan fingerprint density at radius 2 is 2.11 bits per heavy atom. The summed E-state index contributed by atoms with van der Waals surface area (Å²) in [6.07, 6.45) is 7.90. The van der Waals surface area contributed by atoms with Crippen molar-refractivity contribution < 1.29 is 19.0 Å². The Hall–Kier alpha value is -2.27. The van der Waals surface area contributed by atoms with Gasteiger partial charge in [-0.3, -0.25) is 4.79 Å². The monoisotopic (exact) mass is 381 g/mol. The molecular formula is C23H27NO4. The summed E-state index contributed by atoms with van der Waals surface area (Å²) in [5.41, 5.74) is 4.07. The highest BCUT2D eigenvalue weighted by molar-refractivity contribution is 5.76. The molecule has 0 aromatic heterocycles. The van der Waals surface area contributed by atoms with Crippen molar-refractivity contribution in [2.45, 2.75) is 45.8 Å². The molecule has 4 aliphatic rings. The van der Waals surface area contributed by atoms with E-state index in [0.29, 0.717) is 13.1 Å². The molecule has 1 N–H and O–H groups in total. The lowest BCUT2D eigenvalue weighted by atomic mass is 9.62. The fourth-order valence-electron chi connectivity index (χ4n) is 5.28. The molecule has 2 aliphatic carbocycles. The Labute approximate surface area is 165 Å². The molecule has 5 heteroatoms. The molecule has 28 heavy (non-hydrogen) atoms. The molecule has 1 aromatic carbocycles. The number of hydrogen-bond donors (Lipinski definition) is 1. The van der Waals surface area contributed by atoms with Gasteiger partial charge in [0.25, 0.3) is 0 Å². The number of hydrogen-bond acceptors (Lipinski definition) is 5. The molecule has 4 atom stereocenters. The minimum absolute atomic E-state index is 0.0180. The number of esters is 1. The van der Waals surface area contributed by atoms with Gasteiger partial charge >= 0.3 is 5.97 Å². The minimum atomic E-state index is -0.120. The van der Waals surface area contributed by atoms with Crippen LogP contribution in [-0.4, -0.2) is 25.4 Å². The van der Waals surface area contributed by atoms with E-state index in [1.165, 1.54) is 11.1 Å².